The summed E-state index contributed by atoms with van der Waals surface area (Å²) in [4.78, 5) is 0. The summed E-state index contributed by atoms with van der Waals surface area (Å²) in [5, 5.41) is 7.74. The van der Waals surface area contributed by atoms with E-state index in [9.17, 15) is 1.37 Å². The highest BCUT2D eigenvalue weighted by Crippen LogP contribution is 2.48. The SMILES string of the molecule is [2H]c1c([2H])c(-c2c3ccccc3c(-c3ccccc3-c3ccccc3)c3ccccc23)c2c(oc3cc4ccccc4cc32)c1[2H]. The molecule has 200 valence electrons. The van der Waals surface area contributed by atoms with Crippen LogP contribution in [0.3, 0.4) is 0 Å². The number of hydrogen-bond acceptors (Lipinski definition) is 1. The van der Waals surface area contributed by atoms with Gasteiger partial charge in [-0.1, -0.05) is 139 Å². The predicted molar refractivity (Wildman–Crippen MR) is 183 cm³/mol. The van der Waals surface area contributed by atoms with E-state index in [2.05, 4.69) is 97.1 Å². The molecule has 1 nitrogen and oxygen atoms in total. The van der Waals surface area contributed by atoms with Gasteiger partial charge in [0.1, 0.15) is 11.2 Å². The molecule has 0 radical (unpaired) electrons. The lowest BCUT2D eigenvalue weighted by atomic mass is 9.83. The van der Waals surface area contributed by atoms with Crippen LogP contribution in [0.5, 0.6) is 0 Å². The summed E-state index contributed by atoms with van der Waals surface area (Å²) in [5.74, 6) is 0. The van der Waals surface area contributed by atoms with E-state index in [1.807, 2.05) is 42.5 Å². The molecule has 9 aromatic rings. The molecule has 8 aromatic carbocycles. The summed E-state index contributed by atoms with van der Waals surface area (Å²) in [6.45, 7) is 0. The number of benzene rings is 8. The summed E-state index contributed by atoms with van der Waals surface area (Å²) in [5.41, 5.74) is 7.05. The van der Waals surface area contributed by atoms with Crippen LogP contribution in [-0.4, -0.2) is 0 Å². The normalized spacial score (nSPS) is 12.7. The Morgan fingerprint density at radius 2 is 0.953 bits per heavy atom. The van der Waals surface area contributed by atoms with Crippen molar-refractivity contribution < 1.29 is 8.53 Å². The van der Waals surface area contributed by atoms with E-state index in [1.54, 1.807) is 0 Å². The van der Waals surface area contributed by atoms with E-state index >= 15 is 0 Å². The van der Waals surface area contributed by atoms with Gasteiger partial charge in [-0.2, -0.15) is 0 Å². The fourth-order valence-electron chi connectivity index (χ4n) is 6.78. The molecule has 1 heteroatoms. The van der Waals surface area contributed by atoms with Crippen LogP contribution in [0.1, 0.15) is 4.11 Å². The van der Waals surface area contributed by atoms with Gasteiger partial charge in [-0.25, -0.2) is 0 Å². The third-order valence-electron chi connectivity index (χ3n) is 8.63. The van der Waals surface area contributed by atoms with Crippen molar-refractivity contribution in [2.75, 3.05) is 0 Å². The van der Waals surface area contributed by atoms with E-state index in [1.165, 1.54) is 0 Å². The Bertz CT molecular complexity index is 2610. The van der Waals surface area contributed by atoms with Crippen LogP contribution in [-0.2, 0) is 0 Å². The highest BCUT2D eigenvalue weighted by molar-refractivity contribution is 6.26. The van der Waals surface area contributed by atoms with E-state index in [0.717, 1.165) is 65.5 Å². The topological polar surface area (TPSA) is 13.1 Å². The fraction of sp³-hybridized carbons (Fsp3) is 0. The molecule has 1 aromatic heterocycles. The van der Waals surface area contributed by atoms with Gasteiger partial charge < -0.3 is 4.42 Å². The number of hydrogen-bond donors (Lipinski definition) is 0. The maximum Gasteiger partial charge on any atom is 0.136 e. The van der Waals surface area contributed by atoms with Crippen molar-refractivity contribution in [3.05, 3.63) is 158 Å². The highest BCUT2D eigenvalue weighted by Gasteiger charge is 2.21. The molecule has 0 bridgehead atoms. The van der Waals surface area contributed by atoms with Gasteiger partial charge in [-0.05, 0) is 83.9 Å². The Morgan fingerprint density at radius 3 is 1.63 bits per heavy atom. The van der Waals surface area contributed by atoms with Crippen molar-refractivity contribution in [1.82, 2.24) is 0 Å². The fourth-order valence-corrected chi connectivity index (χ4v) is 6.78. The van der Waals surface area contributed by atoms with Crippen LogP contribution in [0.25, 0.3) is 87.6 Å². The summed E-state index contributed by atoms with van der Waals surface area (Å²) in [6, 6.07) is 47.8. The summed E-state index contributed by atoms with van der Waals surface area (Å²) >= 11 is 0. The van der Waals surface area contributed by atoms with Gasteiger partial charge in [0.25, 0.3) is 0 Å². The van der Waals surface area contributed by atoms with Gasteiger partial charge >= 0.3 is 0 Å². The Kier molecular flexibility index (Phi) is 4.63. The van der Waals surface area contributed by atoms with Crippen molar-refractivity contribution in [3.8, 4) is 33.4 Å². The second kappa shape index (κ2) is 9.44. The first-order chi connectivity index (χ1) is 22.6. The van der Waals surface area contributed by atoms with Crippen LogP contribution in [0, 0.1) is 0 Å². The third-order valence-corrected chi connectivity index (χ3v) is 8.63. The molecule has 0 saturated carbocycles. The highest BCUT2D eigenvalue weighted by atomic mass is 16.3. The Hall–Kier alpha value is -5.66. The van der Waals surface area contributed by atoms with Gasteiger partial charge in [0, 0.05) is 10.8 Å². The van der Waals surface area contributed by atoms with Crippen LogP contribution < -0.4 is 0 Å². The zero-order chi connectivity index (χ0) is 30.9. The molecule has 0 spiro atoms. The van der Waals surface area contributed by atoms with Crippen LogP contribution in [0.15, 0.2) is 162 Å². The van der Waals surface area contributed by atoms with Crippen LogP contribution >= 0.6 is 0 Å². The smallest absolute Gasteiger partial charge is 0.136 e. The van der Waals surface area contributed by atoms with Gasteiger partial charge in [0.05, 0.1) is 4.11 Å². The maximum atomic E-state index is 9.40. The molecular weight excluding hydrogens is 520 g/mol. The van der Waals surface area contributed by atoms with E-state index in [4.69, 9.17) is 7.16 Å². The zero-order valence-electron chi connectivity index (χ0n) is 26.2. The molecule has 0 saturated heterocycles. The first kappa shape index (κ1) is 21.1. The van der Waals surface area contributed by atoms with Crippen LogP contribution in [0.2, 0.25) is 0 Å². The van der Waals surface area contributed by atoms with Gasteiger partial charge in [-0.15, -0.1) is 0 Å². The molecule has 43 heavy (non-hydrogen) atoms. The molecule has 0 atom stereocenters. The standard InChI is InChI=1S/C42H26O/c1-2-13-27(14-3-1)30-17-6-7-18-31(30)40-32-19-8-10-21-34(32)41(35-22-11-9-20-33(35)40)36-23-12-24-38-42(36)37-25-28-15-4-5-16-29(28)26-39(37)43-38/h1-26H/i12D,23D,24D. The molecule has 0 N–H and O–H groups in total. The molecule has 0 amide bonds. The second-order valence-electron chi connectivity index (χ2n) is 11.0. The van der Waals surface area contributed by atoms with Gasteiger partial charge in [0.15, 0.2) is 0 Å². The summed E-state index contributed by atoms with van der Waals surface area (Å²) < 4.78 is 33.6. The third kappa shape index (κ3) is 3.65. The van der Waals surface area contributed by atoms with Gasteiger partial charge in [0.2, 0.25) is 0 Å². The Labute approximate surface area is 253 Å². The van der Waals surface area contributed by atoms with E-state index in [0.29, 0.717) is 22.1 Å². The summed E-state index contributed by atoms with van der Waals surface area (Å²) in [6.07, 6.45) is 0. The molecule has 0 aliphatic carbocycles. The molecule has 9 rings (SSSR count). The first-order valence-corrected chi connectivity index (χ1v) is 14.5. The van der Waals surface area contributed by atoms with Crippen molar-refractivity contribution >= 4 is 54.3 Å². The molecule has 0 aliphatic heterocycles. The lowest BCUT2D eigenvalue weighted by Gasteiger charge is -2.20. The van der Waals surface area contributed by atoms with E-state index in [-0.39, 0.29) is 18.1 Å². The van der Waals surface area contributed by atoms with E-state index < -0.39 is 0 Å². The molecule has 0 unspecified atom stereocenters. The average molecular weight is 550 g/mol. The zero-order valence-corrected chi connectivity index (χ0v) is 23.2. The Morgan fingerprint density at radius 1 is 0.419 bits per heavy atom. The minimum Gasteiger partial charge on any atom is -0.456 e. The monoisotopic (exact) mass is 549 g/mol. The minimum atomic E-state index is -0.141. The van der Waals surface area contributed by atoms with Crippen molar-refractivity contribution in [2.24, 2.45) is 0 Å². The first-order valence-electron chi connectivity index (χ1n) is 16.0. The predicted octanol–water partition coefficient (Wildman–Crippen LogP) is 12.0. The number of furan rings is 1. The lowest BCUT2D eigenvalue weighted by Crippen LogP contribution is -1.93. The Balaban J connectivity index is 1.48. The van der Waals surface area contributed by atoms with Crippen molar-refractivity contribution in [3.63, 3.8) is 0 Å². The second-order valence-corrected chi connectivity index (χ2v) is 11.0. The quantitative estimate of drug-likeness (QED) is 0.200. The maximum absolute atomic E-state index is 9.40. The summed E-state index contributed by atoms with van der Waals surface area (Å²) in [7, 11) is 0. The average Bonchev–Trinajstić information content (AvgIpc) is 3.48. The lowest BCUT2D eigenvalue weighted by molar-refractivity contribution is 0.669. The number of fused-ring (bicyclic) bond motifs is 6. The molecular formula is C42H26O. The van der Waals surface area contributed by atoms with Crippen molar-refractivity contribution in [2.45, 2.75) is 0 Å². The molecule has 0 fully saturated rings. The van der Waals surface area contributed by atoms with Crippen molar-refractivity contribution in [1.29, 1.82) is 0 Å². The largest absolute Gasteiger partial charge is 0.456 e. The molecule has 0 aliphatic rings. The number of rotatable bonds is 3. The molecule has 1 heterocycles. The van der Waals surface area contributed by atoms with Crippen LogP contribution in [0.4, 0.5) is 0 Å². The van der Waals surface area contributed by atoms with Gasteiger partial charge in [-0.3, -0.25) is 0 Å². The minimum absolute atomic E-state index is 0.0288.